The monoisotopic (exact) mass is 360 g/mol. The summed E-state index contributed by atoms with van der Waals surface area (Å²) in [5, 5.41) is 5.67. The van der Waals surface area contributed by atoms with Crippen LogP contribution in [0.2, 0.25) is 0 Å². The first-order valence-electron chi connectivity index (χ1n) is 5.31. The molecule has 0 spiro atoms. The van der Waals surface area contributed by atoms with Crippen molar-refractivity contribution in [2.45, 2.75) is 17.6 Å². The number of hydrogen-bond donors (Lipinski definition) is 2. The Balaban J connectivity index is 0.00000289. The fourth-order valence-electron chi connectivity index (χ4n) is 1.93. The molecule has 1 amide bonds. The van der Waals surface area contributed by atoms with Crippen molar-refractivity contribution in [3.63, 3.8) is 0 Å². The normalized spacial score (nSPS) is 18.6. The molecule has 1 rings (SSSR count). The van der Waals surface area contributed by atoms with Gasteiger partial charge in [-0.05, 0) is 25.9 Å². The van der Waals surface area contributed by atoms with Gasteiger partial charge in [-0.1, -0.05) is 22.5 Å². The smallest absolute Gasteiger partial charge is 0.241 e. The molecule has 0 radical (unpaired) electrons. The zero-order valence-corrected chi connectivity index (χ0v) is 13.4. The quantitative estimate of drug-likeness (QED) is 0.769. The number of hydrogen-bond acceptors (Lipinski definition) is 4. The minimum absolute atomic E-state index is 0. The Morgan fingerprint density at radius 2 is 1.94 bits per heavy atom. The fourth-order valence-corrected chi connectivity index (χ4v) is 3.43. The molecule has 1 fully saturated rings. The SMILES string of the molecule is C=C(Br)CNC(=O)C1(S(C)(=O)=O)CCNCC1.Cl. The van der Waals surface area contributed by atoms with Gasteiger partial charge in [-0.25, -0.2) is 8.42 Å². The number of carbonyl (C=O) groups excluding carboxylic acids is 1. The van der Waals surface area contributed by atoms with Crippen LogP contribution in [0.4, 0.5) is 0 Å². The van der Waals surface area contributed by atoms with E-state index in [-0.39, 0.29) is 19.0 Å². The van der Waals surface area contributed by atoms with E-state index in [0.717, 1.165) is 6.26 Å². The van der Waals surface area contributed by atoms with Gasteiger partial charge in [0.1, 0.15) is 0 Å². The molecule has 106 valence electrons. The number of sulfone groups is 1. The van der Waals surface area contributed by atoms with Crippen molar-refractivity contribution < 1.29 is 13.2 Å². The van der Waals surface area contributed by atoms with Crippen LogP contribution in [0.25, 0.3) is 0 Å². The van der Waals surface area contributed by atoms with Gasteiger partial charge in [0.2, 0.25) is 5.91 Å². The molecule has 18 heavy (non-hydrogen) atoms. The number of rotatable bonds is 4. The molecule has 8 heteroatoms. The van der Waals surface area contributed by atoms with Crippen molar-refractivity contribution >= 4 is 44.1 Å². The molecule has 0 aromatic rings. The van der Waals surface area contributed by atoms with Crippen LogP contribution in [-0.4, -0.2) is 45.0 Å². The summed E-state index contributed by atoms with van der Waals surface area (Å²) in [6.07, 6.45) is 1.75. The van der Waals surface area contributed by atoms with E-state index >= 15 is 0 Å². The van der Waals surface area contributed by atoms with Crippen molar-refractivity contribution in [3.8, 4) is 0 Å². The molecule has 0 bridgehead atoms. The predicted octanol–water partition coefficient (Wildman–Crippen LogP) is 0.600. The zero-order valence-electron chi connectivity index (χ0n) is 10.2. The average molecular weight is 362 g/mol. The molecule has 1 saturated heterocycles. The van der Waals surface area contributed by atoms with Gasteiger partial charge in [0, 0.05) is 17.3 Å². The Hall–Kier alpha value is -0.110. The minimum Gasteiger partial charge on any atom is -0.350 e. The van der Waals surface area contributed by atoms with Crippen molar-refractivity contribution in [3.05, 3.63) is 11.1 Å². The van der Waals surface area contributed by atoms with Crippen LogP contribution < -0.4 is 10.6 Å². The molecule has 0 unspecified atom stereocenters. The second kappa shape index (κ2) is 6.88. The number of piperidine rings is 1. The maximum Gasteiger partial charge on any atom is 0.241 e. The summed E-state index contributed by atoms with van der Waals surface area (Å²) in [6.45, 7) is 4.91. The van der Waals surface area contributed by atoms with Gasteiger partial charge < -0.3 is 10.6 Å². The van der Waals surface area contributed by atoms with E-state index in [9.17, 15) is 13.2 Å². The largest absolute Gasteiger partial charge is 0.350 e. The highest BCUT2D eigenvalue weighted by Crippen LogP contribution is 2.28. The lowest BCUT2D eigenvalue weighted by Crippen LogP contribution is -2.57. The topological polar surface area (TPSA) is 75.3 Å². The van der Waals surface area contributed by atoms with E-state index in [4.69, 9.17) is 0 Å². The number of carbonyl (C=O) groups is 1. The van der Waals surface area contributed by atoms with E-state index in [1.807, 2.05) is 0 Å². The van der Waals surface area contributed by atoms with Gasteiger partial charge in [-0.2, -0.15) is 0 Å². The Kier molecular flexibility index (Phi) is 6.84. The highest BCUT2D eigenvalue weighted by molar-refractivity contribution is 9.11. The number of halogens is 2. The lowest BCUT2D eigenvalue weighted by molar-refractivity contribution is -0.124. The van der Waals surface area contributed by atoms with Gasteiger partial charge in [-0.3, -0.25) is 4.79 Å². The summed E-state index contributed by atoms with van der Waals surface area (Å²) < 4.78 is 23.1. The van der Waals surface area contributed by atoms with Gasteiger partial charge in [0.15, 0.2) is 14.6 Å². The van der Waals surface area contributed by atoms with Crippen molar-refractivity contribution in [2.24, 2.45) is 0 Å². The Bertz CT molecular complexity index is 419. The molecule has 1 aliphatic heterocycles. The van der Waals surface area contributed by atoms with Crippen LogP contribution in [0, 0.1) is 0 Å². The van der Waals surface area contributed by atoms with Crippen LogP contribution in [0.15, 0.2) is 11.1 Å². The van der Waals surface area contributed by atoms with E-state index < -0.39 is 20.5 Å². The first-order chi connectivity index (χ1) is 7.79. The first-order valence-corrected chi connectivity index (χ1v) is 8.00. The highest BCUT2D eigenvalue weighted by atomic mass is 79.9. The molecule has 1 heterocycles. The maximum absolute atomic E-state index is 12.1. The Labute approximate surface area is 122 Å². The van der Waals surface area contributed by atoms with Crippen LogP contribution in [0.1, 0.15) is 12.8 Å². The summed E-state index contributed by atoms with van der Waals surface area (Å²) in [6, 6.07) is 0. The second-order valence-electron chi connectivity index (χ2n) is 4.22. The summed E-state index contributed by atoms with van der Waals surface area (Å²) in [5.41, 5.74) is 0. The molecular weight excluding hydrogens is 344 g/mol. The molecule has 0 saturated carbocycles. The molecule has 1 aliphatic rings. The lowest BCUT2D eigenvalue weighted by atomic mass is 9.96. The fraction of sp³-hybridized carbons (Fsp3) is 0.700. The van der Waals surface area contributed by atoms with E-state index in [1.165, 1.54) is 0 Å². The lowest BCUT2D eigenvalue weighted by Gasteiger charge is -2.34. The van der Waals surface area contributed by atoms with Gasteiger partial charge in [-0.15, -0.1) is 12.4 Å². The number of nitrogens with one attached hydrogen (secondary N) is 2. The van der Waals surface area contributed by atoms with Gasteiger partial charge in [0.05, 0.1) is 0 Å². The summed E-state index contributed by atoms with van der Waals surface area (Å²) in [5.74, 6) is -0.429. The second-order valence-corrected chi connectivity index (χ2v) is 7.66. The molecule has 5 nitrogen and oxygen atoms in total. The van der Waals surface area contributed by atoms with Gasteiger partial charge in [0.25, 0.3) is 0 Å². The Morgan fingerprint density at radius 1 is 1.44 bits per heavy atom. The Morgan fingerprint density at radius 3 is 2.33 bits per heavy atom. The number of amides is 1. The molecular formula is C10H18BrClN2O3S. The van der Waals surface area contributed by atoms with Crippen LogP contribution in [-0.2, 0) is 14.6 Å². The first kappa shape index (κ1) is 17.9. The predicted molar refractivity (Wildman–Crippen MR) is 78.0 cm³/mol. The molecule has 2 N–H and O–H groups in total. The summed E-state index contributed by atoms with van der Waals surface area (Å²) >= 11 is 3.12. The molecule has 0 atom stereocenters. The van der Waals surface area contributed by atoms with Crippen LogP contribution >= 0.6 is 28.3 Å². The molecule has 0 aromatic carbocycles. The van der Waals surface area contributed by atoms with Crippen LogP contribution in [0.3, 0.4) is 0 Å². The van der Waals surface area contributed by atoms with Crippen LogP contribution in [0.5, 0.6) is 0 Å². The van der Waals surface area contributed by atoms with Crippen molar-refractivity contribution in [1.29, 1.82) is 0 Å². The van der Waals surface area contributed by atoms with E-state index in [0.29, 0.717) is 30.4 Å². The zero-order chi connectivity index (χ0) is 13.1. The third kappa shape index (κ3) is 3.94. The average Bonchev–Trinajstić information content (AvgIpc) is 2.25. The molecule has 0 aliphatic carbocycles. The molecule has 0 aromatic heterocycles. The highest BCUT2D eigenvalue weighted by Gasteiger charge is 2.48. The summed E-state index contributed by atoms with van der Waals surface area (Å²) in [4.78, 5) is 12.1. The van der Waals surface area contributed by atoms with Crippen molar-refractivity contribution in [2.75, 3.05) is 25.9 Å². The third-order valence-electron chi connectivity index (χ3n) is 2.98. The third-order valence-corrected chi connectivity index (χ3v) is 5.27. The summed E-state index contributed by atoms with van der Waals surface area (Å²) in [7, 11) is -3.43. The van der Waals surface area contributed by atoms with E-state index in [1.54, 1.807) is 0 Å². The standard InChI is InChI=1S/C10H17BrN2O3S.ClH/c1-8(11)7-13-9(14)10(17(2,15)16)3-5-12-6-4-10;/h12H,1,3-7H2,2H3,(H,13,14);1H. The van der Waals surface area contributed by atoms with E-state index in [2.05, 4.69) is 33.1 Å². The minimum atomic E-state index is -3.43. The van der Waals surface area contributed by atoms with Crippen molar-refractivity contribution in [1.82, 2.24) is 10.6 Å². The maximum atomic E-state index is 12.1. The van der Waals surface area contributed by atoms with Gasteiger partial charge >= 0.3 is 0 Å².